The second-order valence-corrected chi connectivity index (χ2v) is 3.93. The smallest absolute Gasteiger partial charge is 0.242 e. The van der Waals surface area contributed by atoms with Gasteiger partial charge in [-0.05, 0) is 18.4 Å². The number of fused-ring (bicyclic) bond motifs is 1. The molecular weight excluding hydrogens is 196 g/mol. The first kappa shape index (κ1) is 9.10. The molecule has 0 aliphatic carbocycles. The molecule has 0 aromatic heterocycles. The first-order valence-electron chi connectivity index (χ1n) is 4.14. The van der Waals surface area contributed by atoms with Crippen molar-refractivity contribution in [2.75, 3.05) is 11.6 Å². The predicted octanol–water partition coefficient (Wildman–Crippen LogP) is 1.91. The normalized spacial score (nSPS) is 18.6. The zero-order valence-electron chi connectivity index (χ0n) is 7.57. The van der Waals surface area contributed by atoms with E-state index in [9.17, 15) is 4.79 Å². The lowest BCUT2D eigenvalue weighted by molar-refractivity contribution is -0.115. The van der Waals surface area contributed by atoms with Gasteiger partial charge in [0.05, 0.1) is 11.6 Å². The SMILES string of the molecule is CSC1C(=O)Nc2cccc(C#N)c21. The molecule has 1 atom stereocenters. The number of hydrogen-bond donors (Lipinski definition) is 1. The Morgan fingerprint density at radius 1 is 1.57 bits per heavy atom. The fraction of sp³-hybridized carbons (Fsp3) is 0.200. The molecule has 1 N–H and O–H groups in total. The summed E-state index contributed by atoms with van der Waals surface area (Å²) in [5, 5.41) is 11.4. The molecule has 1 unspecified atom stereocenters. The van der Waals surface area contributed by atoms with Crippen molar-refractivity contribution >= 4 is 23.4 Å². The minimum atomic E-state index is -0.235. The highest BCUT2D eigenvalue weighted by molar-refractivity contribution is 7.99. The molecule has 14 heavy (non-hydrogen) atoms. The van der Waals surface area contributed by atoms with Crippen molar-refractivity contribution in [1.82, 2.24) is 0 Å². The summed E-state index contributed by atoms with van der Waals surface area (Å²) in [5.74, 6) is -0.0322. The van der Waals surface area contributed by atoms with Crippen LogP contribution in [0.2, 0.25) is 0 Å². The van der Waals surface area contributed by atoms with E-state index < -0.39 is 0 Å². The van der Waals surface area contributed by atoms with Gasteiger partial charge in [-0.1, -0.05) is 6.07 Å². The van der Waals surface area contributed by atoms with Crippen LogP contribution in [0.4, 0.5) is 5.69 Å². The third kappa shape index (κ3) is 1.17. The number of nitrogens with zero attached hydrogens (tertiary/aromatic N) is 1. The van der Waals surface area contributed by atoms with E-state index in [4.69, 9.17) is 5.26 Å². The zero-order chi connectivity index (χ0) is 10.1. The molecular formula is C10H8N2OS. The monoisotopic (exact) mass is 204 g/mol. The molecule has 1 amide bonds. The van der Waals surface area contributed by atoms with Crippen LogP contribution in [0.15, 0.2) is 18.2 Å². The lowest BCUT2D eigenvalue weighted by Gasteiger charge is -2.05. The Morgan fingerprint density at radius 3 is 3.00 bits per heavy atom. The van der Waals surface area contributed by atoms with E-state index in [1.807, 2.05) is 12.3 Å². The van der Waals surface area contributed by atoms with Crippen molar-refractivity contribution in [3.05, 3.63) is 29.3 Å². The van der Waals surface area contributed by atoms with Gasteiger partial charge in [-0.3, -0.25) is 4.79 Å². The maximum atomic E-state index is 11.5. The molecule has 0 radical (unpaired) electrons. The maximum absolute atomic E-state index is 11.5. The molecule has 3 nitrogen and oxygen atoms in total. The van der Waals surface area contributed by atoms with E-state index in [0.29, 0.717) is 5.56 Å². The van der Waals surface area contributed by atoms with Gasteiger partial charge in [-0.25, -0.2) is 0 Å². The second kappa shape index (κ2) is 3.35. The molecule has 0 saturated carbocycles. The fourth-order valence-electron chi connectivity index (χ4n) is 1.61. The molecule has 70 valence electrons. The summed E-state index contributed by atoms with van der Waals surface area (Å²) in [6.07, 6.45) is 1.87. The number of benzene rings is 1. The van der Waals surface area contributed by atoms with Crippen LogP contribution in [0.1, 0.15) is 16.4 Å². The highest BCUT2D eigenvalue weighted by Gasteiger charge is 2.31. The summed E-state index contributed by atoms with van der Waals surface area (Å²) >= 11 is 1.45. The molecule has 1 aliphatic heterocycles. The lowest BCUT2D eigenvalue weighted by Crippen LogP contribution is -2.08. The molecule has 0 fully saturated rings. The Hall–Kier alpha value is -1.47. The number of anilines is 1. The minimum Gasteiger partial charge on any atom is -0.324 e. The van der Waals surface area contributed by atoms with Gasteiger partial charge in [0.1, 0.15) is 5.25 Å². The Balaban J connectivity index is 2.61. The minimum absolute atomic E-state index is 0.0322. The van der Waals surface area contributed by atoms with Crippen LogP contribution in [0, 0.1) is 11.3 Å². The molecule has 0 bridgehead atoms. The zero-order valence-corrected chi connectivity index (χ0v) is 8.39. The molecule has 4 heteroatoms. The first-order chi connectivity index (χ1) is 6.77. The van der Waals surface area contributed by atoms with Crippen LogP contribution < -0.4 is 5.32 Å². The van der Waals surface area contributed by atoms with Crippen LogP contribution in [-0.4, -0.2) is 12.2 Å². The maximum Gasteiger partial charge on any atom is 0.242 e. The molecule has 1 aromatic rings. The van der Waals surface area contributed by atoms with Crippen molar-refractivity contribution in [2.45, 2.75) is 5.25 Å². The summed E-state index contributed by atoms with van der Waals surface area (Å²) in [4.78, 5) is 11.5. The molecule has 0 spiro atoms. The molecule has 1 aromatic carbocycles. The van der Waals surface area contributed by atoms with E-state index in [0.717, 1.165) is 11.3 Å². The van der Waals surface area contributed by atoms with E-state index in [1.54, 1.807) is 12.1 Å². The first-order valence-corrected chi connectivity index (χ1v) is 5.43. The highest BCUT2D eigenvalue weighted by atomic mass is 32.2. The van der Waals surface area contributed by atoms with Gasteiger partial charge in [0, 0.05) is 11.3 Å². The third-order valence-electron chi connectivity index (χ3n) is 2.22. The van der Waals surface area contributed by atoms with Gasteiger partial charge in [0.2, 0.25) is 5.91 Å². The van der Waals surface area contributed by atoms with Crippen molar-refractivity contribution in [1.29, 1.82) is 5.26 Å². The number of hydrogen-bond acceptors (Lipinski definition) is 3. The number of nitrogens with one attached hydrogen (secondary N) is 1. The van der Waals surface area contributed by atoms with Crippen molar-refractivity contribution < 1.29 is 4.79 Å². The summed E-state index contributed by atoms with van der Waals surface area (Å²) in [5.41, 5.74) is 2.18. The standard InChI is InChI=1S/C10H8N2OS/c1-14-9-8-6(5-11)3-2-4-7(8)12-10(9)13/h2-4,9H,1H3,(H,12,13). The number of amides is 1. The number of carbonyl (C=O) groups is 1. The van der Waals surface area contributed by atoms with Gasteiger partial charge >= 0.3 is 0 Å². The molecule has 0 saturated heterocycles. The number of carbonyl (C=O) groups excluding carboxylic acids is 1. The predicted molar refractivity (Wildman–Crippen MR) is 56.0 cm³/mol. The van der Waals surface area contributed by atoms with Gasteiger partial charge in [0.25, 0.3) is 0 Å². The van der Waals surface area contributed by atoms with Crippen LogP contribution in [0.5, 0.6) is 0 Å². The van der Waals surface area contributed by atoms with Crippen LogP contribution in [-0.2, 0) is 4.79 Å². The van der Waals surface area contributed by atoms with E-state index in [1.165, 1.54) is 11.8 Å². The average molecular weight is 204 g/mol. The Kier molecular flexibility index (Phi) is 2.18. The van der Waals surface area contributed by atoms with Crippen molar-refractivity contribution in [2.24, 2.45) is 0 Å². The summed E-state index contributed by atoms with van der Waals surface area (Å²) < 4.78 is 0. The summed E-state index contributed by atoms with van der Waals surface area (Å²) in [7, 11) is 0. The fourth-order valence-corrected chi connectivity index (χ4v) is 2.37. The second-order valence-electron chi connectivity index (χ2n) is 2.98. The highest BCUT2D eigenvalue weighted by Crippen LogP contribution is 2.40. The van der Waals surface area contributed by atoms with Crippen LogP contribution in [0.3, 0.4) is 0 Å². The number of thioether (sulfide) groups is 1. The van der Waals surface area contributed by atoms with Gasteiger partial charge in [-0.2, -0.15) is 5.26 Å². The molecule has 1 heterocycles. The Morgan fingerprint density at radius 2 is 2.36 bits per heavy atom. The van der Waals surface area contributed by atoms with Crippen molar-refractivity contribution in [3.8, 4) is 6.07 Å². The van der Waals surface area contributed by atoms with Crippen molar-refractivity contribution in [3.63, 3.8) is 0 Å². The topological polar surface area (TPSA) is 52.9 Å². The largest absolute Gasteiger partial charge is 0.324 e. The van der Waals surface area contributed by atoms with Crippen LogP contribution in [0.25, 0.3) is 0 Å². The van der Waals surface area contributed by atoms with E-state index in [2.05, 4.69) is 11.4 Å². The number of nitriles is 1. The Labute approximate surface area is 86.1 Å². The number of rotatable bonds is 1. The lowest BCUT2D eigenvalue weighted by atomic mass is 10.1. The Bertz CT molecular complexity index is 436. The summed E-state index contributed by atoms with van der Waals surface area (Å²) in [6.45, 7) is 0. The van der Waals surface area contributed by atoms with E-state index >= 15 is 0 Å². The third-order valence-corrected chi connectivity index (χ3v) is 3.14. The quantitative estimate of drug-likeness (QED) is 0.760. The molecule has 1 aliphatic rings. The average Bonchev–Trinajstić information content (AvgIpc) is 2.52. The summed E-state index contributed by atoms with van der Waals surface area (Å²) in [6, 6.07) is 7.45. The van der Waals surface area contributed by atoms with Crippen LogP contribution >= 0.6 is 11.8 Å². The van der Waals surface area contributed by atoms with E-state index in [-0.39, 0.29) is 11.2 Å². The molecule has 2 rings (SSSR count). The van der Waals surface area contributed by atoms with Gasteiger partial charge < -0.3 is 5.32 Å². The van der Waals surface area contributed by atoms with Gasteiger partial charge in [-0.15, -0.1) is 11.8 Å². The van der Waals surface area contributed by atoms with Gasteiger partial charge in [0.15, 0.2) is 0 Å².